The van der Waals surface area contributed by atoms with E-state index in [0.717, 1.165) is 16.9 Å². The van der Waals surface area contributed by atoms with Gasteiger partial charge in [0.05, 0.1) is 12.1 Å². The Labute approximate surface area is 156 Å². The van der Waals surface area contributed by atoms with E-state index in [0.29, 0.717) is 27.6 Å². The normalized spacial score (nSPS) is 10.4. The molecular formula is C18H16Cl2N4O. The van der Waals surface area contributed by atoms with Crippen molar-refractivity contribution in [2.24, 2.45) is 0 Å². The van der Waals surface area contributed by atoms with Gasteiger partial charge < -0.3 is 15.4 Å². The van der Waals surface area contributed by atoms with Crippen molar-refractivity contribution in [2.45, 2.75) is 6.92 Å². The first-order valence-corrected chi connectivity index (χ1v) is 8.27. The molecule has 0 atom stereocenters. The second-order valence-corrected chi connectivity index (χ2v) is 6.17. The molecule has 7 heteroatoms. The van der Waals surface area contributed by atoms with Crippen LogP contribution in [0.4, 0.5) is 23.1 Å². The van der Waals surface area contributed by atoms with Gasteiger partial charge in [-0.3, -0.25) is 0 Å². The van der Waals surface area contributed by atoms with Gasteiger partial charge in [0.25, 0.3) is 0 Å². The van der Waals surface area contributed by atoms with Crippen molar-refractivity contribution < 1.29 is 4.74 Å². The molecular weight excluding hydrogens is 359 g/mol. The molecule has 3 aromatic rings. The summed E-state index contributed by atoms with van der Waals surface area (Å²) in [4.78, 5) is 8.70. The molecule has 0 fully saturated rings. The number of aryl methyl sites for hydroxylation is 1. The number of halogens is 2. The molecule has 0 bridgehead atoms. The number of nitrogens with one attached hydrogen (secondary N) is 2. The lowest BCUT2D eigenvalue weighted by Crippen LogP contribution is -2.01. The van der Waals surface area contributed by atoms with E-state index >= 15 is 0 Å². The van der Waals surface area contributed by atoms with Crippen molar-refractivity contribution in [3.05, 3.63) is 64.3 Å². The minimum absolute atomic E-state index is 0.482. The van der Waals surface area contributed by atoms with Crippen LogP contribution in [0.1, 0.15) is 5.56 Å². The molecule has 2 N–H and O–H groups in total. The molecule has 0 saturated heterocycles. The zero-order chi connectivity index (χ0) is 17.8. The molecule has 5 nitrogen and oxygen atoms in total. The van der Waals surface area contributed by atoms with Gasteiger partial charge in [-0.15, -0.1) is 0 Å². The number of nitrogens with zero attached hydrogens (tertiary/aromatic N) is 2. The van der Waals surface area contributed by atoms with Crippen LogP contribution in [0, 0.1) is 6.92 Å². The zero-order valence-corrected chi connectivity index (χ0v) is 15.2. The highest BCUT2D eigenvalue weighted by atomic mass is 35.5. The Kier molecular flexibility index (Phi) is 5.26. The van der Waals surface area contributed by atoms with Gasteiger partial charge in [0, 0.05) is 22.6 Å². The molecule has 0 aliphatic heterocycles. The standard InChI is InChI=1S/C18H16Cl2N4O/c1-11-9-12(19)3-5-15(11)23-18-21-8-7-17(24-18)22-13-4-6-16(25-2)14(20)10-13/h3-10H,1-2H3,(H2,21,22,23,24). The third-order valence-corrected chi connectivity index (χ3v) is 4.05. The largest absolute Gasteiger partial charge is 0.495 e. The molecule has 0 unspecified atom stereocenters. The van der Waals surface area contributed by atoms with Crippen molar-refractivity contribution in [1.29, 1.82) is 0 Å². The first kappa shape index (κ1) is 17.3. The minimum Gasteiger partial charge on any atom is -0.495 e. The quantitative estimate of drug-likeness (QED) is 0.609. The molecule has 0 amide bonds. The van der Waals surface area contributed by atoms with E-state index in [4.69, 9.17) is 27.9 Å². The van der Waals surface area contributed by atoms with E-state index in [-0.39, 0.29) is 0 Å². The lowest BCUT2D eigenvalue weighted by atomic mass is 10.2. The van der Waals surface area contributed by atoms with Gasteiger partial charge in [-0.25, -0.2) is 4.98 Å². The SMILES string of the molecule is COc1ccc(Nc2ccnc(Nc3ccc(Cl)cc3C)n2)cc1Cl. The van der Waals surface area contributed by atoms with Gasteiger partial charge in [0.2, 0.25) is 5.95 Å². The fourth-order valence-electron chi connectivity index (χ4n) is 2.27. The number of benzene rings is 2. The van der Waals surface area contributed by atoms with E-state index in [1.165, 1.54) is 0 Å². The van der Waals surface area contributed by atoms with Crippen LogP contribution in [-0.2, 0) is 0 Å². The molecule has 0 saturated carbocycles. The van der Waals surface area contributed by atoms with Crippen molar-refractivity contribution in [1.82, 2.24) is 9.97 Å². The zero-order valence-electron chi connectivity index (χ0n) is 13.7. The van der Waals surface area contributed by atoms with Crippen LogP contribution in [0.25, 0.3) is 0 Å². The first-order chi connectivity index (χ1) is 12.0. The summed E-state index contributed by atoms with van der Waals surface area (Å²) in [5, 5.41) is 7.60. The summed E-state index contributed by atoms with van der Waals surface area (Å²) in [5.74, 6) is 1.75. The van der Waals surface area contributed by atoms with Gasteiger partial charge >= 0.3 is 0 Å². The van der Waals surface area contributed by atoms with Gasteiger partial charge in [0.1, 0.15) is 11.6 Å². The Bertz CT molecular complexity index is 902. The van der Waals surface area contributed by atoms with E-state index < -0.39 is 0 Å². The summed E-state index contributed by atoms with van der Waals surface area (Å²) in [6, 6.07) is 12.8. The maximum Gasteiger partial charge on any atom is 0.229 e. The minimum atomic E-state index is 0.482. The van der Waals surface area contributed by atoms with Crippen LogP contribution < -0.4 is 15.4 Å². The molecule has 25 heavy (non-hydrogen) atoms. The Balaban J connectivity index is 1.78. The topological polar surface area (TPSA) is 59.1 Å². The second kappa shape index (κ2) is 7.59. The summed E-state index contributed by atoms with van der Waals surface area (Å²) >= 11 is 12.1. The molecule has 0 spiro atoms. The highest BCUT2D eigenvalue weighted by molar-refractivity contribution is 6.32. The maximum absolute atomic E-state index is 6.14. The highest BCUT2D eigenvalue weighted by Crippen LogP contribution is 2.29. The molecule has 0 radical (unpaired) electrons. The van der Waals surface area contributed by atoms with Crippen LogP contribution in [0.3, 0.4) is 0 Å². The fourth-order valence-corrected chi connectivity index (χ4v) is 2.75. The van der Waals surface area contributed by atoms with Gasteiger partial charge in [-0.1, -0.05) is 23.2 Å². The number of aromatic nitrogens is 2. The Morgan fingerprint density at radius 3 is 2.56 bits per heavy atom. The first-order valence-electron chi connectivity index (χ1n) is 7.52. The number of rotatable bonds is 5. The molecule has 0 aliphatic rings. The molecule has 3 rings (SSSR count). The lowest BCUT2D eigenvalue weighted by Gasteiger charge is -2.11. The summed E-state index contributed by atoms with van der Waals surface area (Å²) in [5.41, 5.74) is 2.71. The van der Waals surface area contributed by atoms with Crippen LogP contribution in [-0.4, -0.2) is 17.1 Å². The average Bonchev–Trinajstić information content (AvgIpc) is 2.58. The third-order valence-electron chi connectivity index (χ3n) is 3.51. The summed E-state index contributed by atoms with van der Waals surface area (Å²) < 4.78 is 5.15. The average molecular weight is 375 g/mol. The molecule has 0 aliphatic carbocycles. The van der Waals surface area contributed by atoms with Gasteiger partial charge in [0.15, 0.2) is 0 Å². The highest BCUT2D eigenvalue weighted by Gasteiger charge is 2.05. The van der Waals surface area contributed by atoms with Crippen LogP contribution in [0.15, 0.2) is 48.7 Å². The number of hydrogen-bond acceptors (Lipinski definition) is 5. The molecule has 1 aromatic heterocycles. The van der Waals surface area contributed by atoms with E-state index in [1.807, 2.05) is 31.2 Å². The van der Waals surface area contributed by atoms with Crippen LogP contribution in [0.2, 0.25) is 10.0 Å². The Morgan fingerprint density at radius 1 is 1.00 bits per heavy atom. The van der Waals surface area contributed by atoms with Crippen molar-refractivity contribution >= 4 is 46.3 Å². The number of ether oxygens (including phenoxy) is 1. The Morgan fingerprint density at radius 2 is 1.84 bits per heavy atom. The number of anilines is 4. The van der Waals surface area contributed by atoms with Crippen molar-refractivity contribution in [3.8, 4) is 5.75 Å². The summed E-state index contributed by atoms with van der Waals surface area (Å²) in [6.45, 7) is 1.97. The fraction of sp³-hybridized carbons (Fsp3) is 0.111. The monoisotopic (exact) mass is 374 g/mol. The molecule has 1 heterocycles. The van der Waals surface area contributed by atoms with Crippen LogP contribution >= 0.6 is 23.2 Å². The van der Waals surface area contributed by atoms with Gasteiger partial charge in [-0.05, 0) is 55.0 Å². The second-order valence-electron chi connectivity index (χ2n) is 5.32. The predicted octanol–water partition coefficient (Wildman–Crippen LogP) is 5.59. The van der Waals surface area contributed by atoms with E-state index in [2.05, 4.69) is 20.6 Å². The van der Waals surface area contributed by atoms with E-state index in [1.54, 1.807) is 31.5 Å². The lowest BCUT2D eigenvalue weighted by molar-refractivity contribution is 0.415. The predicted molar refractivity (Wildman–Crippen MR) is 103 cm³/mol. The maximum atomic E-state index is 6.14. The summed E-state index contributed by atoms with van der Waals surface area (Å²) in [6.07, 6.45) is 1.67. The smallest absolute Gasteiger partial charge is 0.229 e. The van der Waals surface area contributed by atoms with Crippen molar-refractivity contribution in [3.63, 3.8) is 0 Å². The van der Waals surface area contributed by atoms with Crippen LogP contribution in [0.5, 0.6) is 5.75 Å². The molecule has 128 valence electrons. The van der Waals surface area contributed by atoms with Gasteiger partial charge in [-0.2, -0.15) is 4.98 Å². The number of methoxy groups -OCH3 is 1. The molecule has 2 aromatic carbocycles. The summed E-state index contributed by atoms with van der Waals surface area (Å²) in [7, 11) is 1.58. The van der Waals surface area contributed by atoms with Crippen molar-refractivity contribution in [2.75, 3.05) is 17.7 Å². The Hall–Kier alpha value is -2.50. The van der Waals surface area contributed by atoms with E-state index in [9.17, 15) is 0 Å². The number of hydrogen-bond donors (Lipinski definition) is 2. The third kappa shape index (κ3) is 4.32.